The number of aliphatic hydroxyl groups excluding tert-OH is 1. The third kappa shape index (κ3) is 1.74. The SMILES string of the molecule is C[C@H]1CCN(C)C[C@@]1(C)CO. The lowest BCUT2D eigenvalue weighted by atomic mass is 9.74. The molecule has 66 valence electrons. The molecule has 0 amide bonds. The Balaban J connectivity index is 2.60. The summed E-state index contributed by atoms with van der Waals surface area (Å²) in [6.07, 6.45) is 1.22. The minimum absolute atomic E-state index is 0.132. The van der Waals surface area contributed by atoms with Crippen LogP contribution in [-0.2, 0) is 0 Å². The maximum atomic E-state index is 9.21. The number of nitrogens with zero attached hydrogens (tertiary/aromatic N) is 1. The fraction of sp³-hybridized carbons (Fsp3) is 1.00. The highest BCUT2D eigenvalue weighted by molar-refractivity contribution is 4.86. The first-order valence-corrected chi connectivity index (χ1v) is 4.38. The molecule has 0 aliphatic carbocycles. The van der Waals surface area contributed by atoms with E-state index in [1.807, 2.05) is 0 Å². The van der Waals surface area contributed by atoms with Gasteiger partial charge in [0, 0.05) is 18.6 Å². The lowest BCUT2D eigenvalue weighted by molar-refractivity contribution is 0.0130. The maximum absolute atomic E-state index is 9.21. The van der Waals surface area contributed by atoms with Crippen LogP contribution in [0, 0.1) is 11.3 Å². The van der Waals surface area contributed by atoms with Crippen molar-refractivity contribution in [3.05, 3.63) is 0 Å². The van der Waals surface area contributed by atoms with Gasteiger partial charge < -0.3 is 10.0 Å². The fourth-order valence-electron chi connectivity index (χ4n) is 1.82. The molecule has 0 bridgehead atoms. The van der Waals surface area contributed by atoms with Crippen molar-refractivity contribution < 1.29 is 5.11 Å². The molecule has 1 aliphatic rings. The van der Waals surface area contributed by atoms with Gasteiger partial charge in [0.25, 0.3) is 0 Å². The Hall–Kier alpha value is -0.0800. The van der Waals surface area contributed by atoms with E-state index in [9.17, 15) is 5.11 Å². The van der Waals surface area contributed by atoms with Crippen molar-refractivity contribution >= 4 is 0 Å². The Kier molecular flexibility index (Phi) is 2.55. The normalized spacial score (nSPS) is 40.9. The van der Waals surface area contributed by atoms with Gasteiger partial charge >= 0.3 is 0 Å². The van der Waals surface area contributed by atoms with Gasteiger partial charge in [0.1, 0.15) is 0 Å². The van der Waals surface area contributed by atoms with Crippen molar-refractivity contribution in [1.29, 1.82) is 0 Å². The van der Waals surface area contributed by atoms with Crippen LogP contribution in [0.5, 0.6) is 0 Å². The average molecular weight is 157 g/mol. The maximum Gasteiger partial charge on any atom is 0.0499 e. The lowest BCUT2D eigenvalue weighted by Crippen LogP contribution is -2.46. The molecule has 1 fully saturated rings. The Labute approximate surface area is 69.2 Å². The smallest absolute Gasteiger partial charge is 0.0499 e. The van der Waals surface area contributed by atoms with Crippen molar-refractivity contribution in [3.63, 3.8) is 0 Å². The average Bonchev–Trinajstić information content (AvgIpc) is 1.98. The second kappa shape index (κ2) is 3.11. The summed E-state index contributed by atoms with van der Waals surface area (Å²) in [5.41, 5.74) is 0.132. The van der Waals surface area contributed by atoms with E-state index in [0.717, 1.165) is 6.54 Å². The zero-order valence-electron chi connectivity index (χ0n) is 7.80. The first-order chi connectivity index (χ1) is 5.08. The first kappa shape index (κ1) is 9.01. The number of hydrogen-bond donors (Lipinski definition) is 1. The molecule has 0 aromatic heterocycles. The number of likely N-dealkylation sites (tertiary alicyclic amines) is 1. The third-order valence-electron chi connectivity index (χ3n) is 3.13. The van der Waals surface area contributed by atoms with Crippen molar-refractivity contribution in [2.45, 2.75) is 20.3 Å². The largest absolute Gasteiger partial charge is 0.396 e. The molecule has 0 aromatic rings. The summed E-state index contributed by atoms with van der Waals surface area (Å²) in [5, 5.41) is 9.21. The molecule has 1 N–H and O–H groups in total. The second-order valence-electron chi connectivity index (χ2n) is 4.24. The number of piperidine rings is 1. The molecule has 0 radical (unpaired) electrons. The Bertz CT molecular complexity index is 138. The zero-order chi connectivity index (χ0) is 8.48. The molecule has 0 aromatic carbocycles. The molecule has 0 unspecified atom stereocenters. The van der Waals surface area contributed by atoms with Crippen molar-refractivity contribution in [2.24, 2.45) is 11.3 Å². The van der Waals surface area contributed by atoms with Crippen LogP contribution < -0.4 is 0 Å². The predicted octanol–water partition coefficient (Wildman–Crippen LogP) is 0.957. The van der Waals surface area contributed by atoms with Crippen molar-refractivity contribution in [3.8, 4) is 0 Å². The second-order valence-corrected chi connectivity index (χ2v) is 4.24. The Morgan fingerprint density at radius 2 is 2.27 bits per heavy atom. The predicted molar refractivity (Wildman–Crippen MR) is 46.5 cm³/mol. The van der Waals surface area contributed by atoms with Crippen LogP contribution >= 0.6 is 0 Å². The standard InChI is InChI=1S/C9H19NO/c1-8-4-5-10(3)6-9(8,2)7-11/h8,11H,4-7H2,1-3H3/t8-,9-/m0/s1. The molecule has 1 saturated heterocycles. The van der Waals surface area contributed by atoms with E-state index in [1.54, 1.807) is 0 Å². The van der Waals surface area contributed by atoms with Crippen molar-refractivity contribution in [2.75, 3.05) is 26.7 Å². The lowest BCUT2D eigenvalue weighted by Gasteiger charge is -2.42. The topological polar surface area (TPSA) is 23.5 Å². The zero-order valence-corrected chi connectivity index (χ0v) is 7.80. The highest BCUT2D eigenvalue weighted by Crippen LogP contribution is 2.33. The van der Waals surface area contributed by atoms with E-state index >= 15 is 0 Å². The van der Waals surface area contributed by atoms with Gasteiger partial charge in [-0.1, -0.05) is 13.8 Å². The fourth-order valence-corrected chi connectivity index (χ4v) is 1.82. The van der Waals surface area contributed by atoms with Gasteiger partial charge in [0.05, 0.1) is 0 Å². The van der Waals surface area contributed by atoms with Crippen LogP contribution in [0.15, 0.2) is 0 Å². The molecule has 2 heteroatoms. The van der Waals surface area contributed by atoms with Crippen LogP contribution in [0.2, 0.25) is 0 Å². The molecule has 0 saturated carbocycles. The molecule has 1 rings (SSSR count). The molecule has 2 nitrogen and oxygen atoms in total. The molecular weight excluding hydrogens is 138 g/mol. The van der Waals surface area contributed by atoms with E-state index in [-0.39, 0.29) is 5.41 Å². The first-order valence-electron chi connectivity index (χ1n) is 4.38. The van der Waals surface area contributed by atoms with Crippen LogP contribution in [0.25, 0.3) is 0 Å². The van der Waals surface area contributed by atoms with E-state index in [0.29, 0.717) is 12.5 Å². The summed E-state index contributed by atoms with van der Waals surface area (Å²) >= 11 is 0. The number of rotatable bonds is 1. The highest BCUT2D eigenvalue weighted by atomic mass is 16.3. The van der Waals surface area contributed by atoms with Crippen LogP contribution in [0.1, 0.15) is 20.3 Å². The van der Waals surface area contributed by atoms with Gasteiger partial charge in [-0.25, -0.2) is 0 Å². The highest BCUT2D eigenvalue weighted by Gasteiger charge is 2.34. The summed E-state index contributed by atoms with van der Waals surface area (Å²) in [6.45, 7) is 6.94. The van der Waals surface area contributed by atoms with Crippen molar-refractivity contribution in [1.82, 2.24) is 4.90 Å². The summed E-state index contributed by atoms with van der Waals surface area (Å²) in [7, 11) is 2.12. The summed E-state index contributed by atoms with van der Waals surface area (Å²) in [6, 6.07) is 0. The van der Waals surface area contributed by atoms with E-state index in [1.165, 1.54) is 13.0 Å². The Morgan fingerprint density at radius 1 is 1.64 bits per heavy atom. The molecule has 0 spiro atoms. The number of aliphatic hydroxyl groups is 1. The Morgan fingerprint density at radius 3 is 2.73 bits per heavy atom. The summed E-state index contributed by atoms with van der Waals surface area (Å²) in [4.78, 5) is 2.30. The summed E-state index contributed by atoms with van der Waals surface area (Å²) in [5.74, 6) is 0.656. The van der Waals surface area contributed by atoms with Gasteiger partial charge in [0.2, 0.25) is 0 Å². The third-order valence-corrected chi connectivity index (χ3v) is 3.13. The van der Waals surface area contributed by atoms with Crippen LogP contribution in [0.3, 0.4) is 0 Å². The minimum atomic E-state index is 0.132. The van der Waals surface area contributed by atoms with E-state index in [4.69, 9.17) is 0 Å². The number of hydrogen-bond acceptors (Lipinski definition) is 2. The molecule has 1 heterocycles. The van der Waals surface area contributed by atoms with E-state index in [2.05, 4.69) is 25.8 Å². The monoisotopic (exact) mass is 157 g/mol. The quantitative estimate of drug-likeness (QED) is 0.613. The van der Waals surface area contributed by atoms with Gasteiger partial charge in [-0.15, -0.1) is 0 Å². The van der Waals surface area contributed by atoms with E-state index < -0.39 is 0 Å². The van der Waals surface area contributed by atoms with Gasteiger partial charge in [0.15, 0.2) is 0 Å². The van der Waals surface area contributed by atoms with Gasteiger partial charge in [-0.3, -0.25) is 0 Å². The van der Waals surface area contributed by atoms with Crippen LogP contribution in [-0.4, -0.2) is 36.8 Å². The van der Waals surface area contributed by atoms with Gasteiger partial charge in [-0.2, -0.15) is 0 Å². The molecule has 11 heavy (non-hydrogen) atoms. The van der Waals surface area contributed by atoms with Gasteiger partial charge in [-0.05, 0) is 25.9 Å². The van der Waals surface area contributed by atoms with Crippen LogP contribution in [0.4, 0.5) is 0 Å². The molecule has 2 atom stereocenters. The minimum Gasteiger partial charge on any atom is -0.396 e. The molecular formula is C9H19NO. The summed E-state index contributed by atoms with van der Waals surface area (Å²) < 4.78 is 0. The molecule has 1 aliphatic heterocycles.